The number of nitrogens with zero attached hydrogens (tertiary/aromatic N) is 1. The maximum absolute atomic E-state index is 11.6. The van der Waals surface area contributed by atoms with Crippen LogP contribution in [-0.4, -0.2) is 30.0 Å². The van der Waals surface area contributed by atoms with Crippen molar-refractivity contribution in [3.05, 3.63) is 29.6 Å². The van der Waals surface area contributed by atoms with Gasteiger partial charge in [0.15, 0.2) is 0 Å². The number of carbonyl (C=O) groups is 1. The van der Waals surface area contributed by atoms with Gasteiger partial charge in [-0.1, -0.05) is 6.07 Å². The summed E-state index contributed by atoms with van der Waals surface area (Å²) >= 11 is 0. The third-order valence-corrected chi connectivity index (χ3v) is 2.26. The van der Waals surface area contributed by atoms with E-state index in [2.05, 4.69) is 15.6 Å². The Kier molecular flexibility index (Phi) is 2.45. The number of hydrogen-bond donors (Lipinski definition) is 2. The second-order valence-corrected chi connectivity index (χ2v) is 3.55. The Morgan fingerprint density at radius 2 is 2.36 bits per heavy atom. The smallest absolute Gasteiger partial charge is 0.270 e. The van der Waals surface area contributed by atoms with E-state index in [1.54, 1.807) is 12.3 Å². The lowest BCUT2D eigenvalue weighted by atomic mass is 10.1. The maximum Gasteiger partial charge on any atom is 0.270 e. The standard InChI is InChI=1S/C10H13N3O/c1-7-2-3-9(12-4-7)10(14)13-8-5-11-6-8/h2-4,8,11H,5-6H2,1H3,(H,13,14). The molecule has 0 atom stereocenters. The Morgan fingerprint density at radius 1 is 1.57 bits per heavy atom. The summed E-state index contributed by atoms with van der Waals surface area (Å²) in [5, 5.41) is 5.98. The topological polar surface area (TPSA) is 54.0 Å². The zero-order valence-corrected chi connectivity index (χ0v) is 8.08. The van der Waals surface area contributed by atoms with E-state index < -0.39 is 0 Å². The molecule has 1 aliphatic heterocycles. The molecular formula is C10H13N3O. The van der Waals surface area contributed by atoms with E-state index in [9.17, 15) is 4.79 Å². The van der Waals surface area contributed by atoms with Gasteiger partial charge in [0.25, 0.3) is 5.91 Å². The van der Waals surface area contributed by atoms with Crippen molar-refractivity contribution in [3.8, 4) is 0 Å². The Labute approximate surface area is 82.7 Å². The van der Waals surface area contributed by atoms with Gasteiger partial charge in [-0.2, -0.15) is 0 Å². The van der Waals surface area contributed by atoms with Crippen LogP contribution in [0.2, 0.25) is 0 Å². The fourth-order valence-corrected chi connectivity index (χ4v) is 1.25. The summed E-state index contributed by atoms with van der Waals surface area (Å²) < 4.78 is 0. The molecule has 0 unspecified atom stereocenters. The van der Waals surface area contributed by atoms with E-state index in [1.165, 1.54) is 0 Å². The number of carbonyl (C=O) groups excluding carboxylic acids is 1. The van der Waals surface area contributed by atoms with Crippen LogP contribution in [0.1, 0.15) is 16.1 Å². The van der Waals surface area contributed by atoms with Crippen LogP contribution in [0.25, 0.3) is 0 Å². The highest BCUT2D eigenvalue weighted by molar-refractivity contribution is 5.92. The predicted molar refractivity (Wildman–Crippen MR) is 53.1 cm³/mol. The Morgan fingerprint density at radius 3 is 2.86 bits per heavy atom. The van der Waals surface area contributed by atoms with Gasteiger partial charge in [-0.3, -0.25) is 9.78 Å². The molecule has 0 saturated carbocycles. The van der Waals surface area contributed by atoms with Crippen molar-refractivity contribution in [2.24, 2.45) is 0 Å². The summed E-state index contributed by atoms with van der Waals surface area (Å²) in [4.78, 5) is 15.6. The van der Waals surface area contributed by atoms with Crippen LogP contribution in [0.5, 0.6) is 0 Å². The minimum atomic E-state index is -0.0866. The predicted octanol–water partition coefficient (Wildman–Crippen LogP) is 0.0916. The van der Waals surface area contributed by atoms with E-state index in [1.807, 2.05) is 13.0 Å². The highest BCUT2D eigenvalue weighted by Crippen LogP contribution is 2.00. The molecule has 2 N–H and O–H groups in total. The van der Waals surface area contributed by atoms with Crippen molar-refractivity contribution in [2.75, 3.05) is 13.1 Å². The van der Waals surface area contributed by atoms with Crippen LogP contribution in [0.3, 0.4) is 0 Å². The molecule has 4 heteroatoms. The number of pyridine rings is 1. The van der Waals surface area contributed by atoms with Gasteiger partial charge in [-0.05, 0) is 18.6 Å². The zero-order chi connectivity index (χ0) is 9.97. The van der Waals surface area contributed by atoms with Crippen LogP contribution >= 0.6 is 0 Å². The monoisotopic (exact) mass is 191 g/mol. The largest absolute Gasteiger partial charge is 0.345 e. The molecule has 0 bridgehead atoms. The third-order valence-electron chi connectivity index (χ3n) is 2.26. The fraction of sp³-hybridized carbons (Fsp3) is 0.400. The molecule has 74 valence electrons. The molecule has 0 aromatic carbocycles. The summed E-state index contributed by atoms with van der Waals surface area (Å²) in [6.45, 7) is 3.67. The van der Waals surface area contributed by atoms with E-state index in [4.69, 9.17) is 0 Å². The third kappa shape index (κ3) is 1.90. The Bertz CT molecular complexity index is 330. The second-order valence-electron chi connectivity index (χ2n) is 3.55. The zero-order valence-electron chi connectivity index (χ0n) is 8.08. The maximum atomic E-state index is 11.6. The van der Waals surface area contributed by atoms with Crippen molar-refractivity contribution in [1.29, 1.82) is 0 Å². The fourth-order valence-electron chi connectivity index (χ4n) is 1.25. The van der Waals surface area contributed by atoms with Gasteiger partial charge in [-0.15, -0.1) is 0 Å². The molecule has 0 spiro atoms. The molecule has 1 saturated heterocycles. The van der Waals surface area contributed by atoms with Crippen LogP contribution < -0.4 is 10.6 Å². The molecule has 1 aliphatic rings. The molecule has 1 amide bonds. The summed E-state index contributed by atoms with van der Waals surface area (Å²) in [6.07, 6.45) is 1.70. The summed E-state index contributed by atoms with van der Waals surface area (Å²) in [6, 6.07) is 3.91. The summed E-state index contributed by atoms with van der Waals surface area (Å²) in [7, 11) is 0. The van der Waals surface area contributed by atoms with Gasteiger partial charge in [0.1, 0.15) is 5.69 Å². The molecule has 2 heterocycles. The van der Waals surface area contributed by atoms with E-state index in [-0.39, 0.29) is 11.9 Å². The Hall–Kier alpha value is -1.42. The lowest BCUT2D eigenvalue weighted by Gasteiger charge is -2.27. The average molecular weight is 191 g/mol. The Balaban J connectivity index is 1.99. The molecule has 14 heavy (non-hydrogen) atoms. The SMILES string of the molecule is Cc1ccc(C(=O)NC2CNC2)nc1. The molecule has 4 nitrogen and oxygen atoms in total. The summed E-state index contributed by atoms with van der Waals surface area (Å²) in [5.41, 5.74) is 1.55. The first-order valence-electron chi connectivity index (χ1n) is 4.70. The van der Waals surface area contributed by atoms with Gasteiger partial charge >= 0.3 is 0 Å². The van der Waals surface area contributed by atoms with Crippen molar-refractivity contribution in [1.82, 2.24) is 15.6 Å². The van der Waals surface area contributed by atoms with Crippen molar-refractivity contribution < 1.29 is 4.79 Å². The number of aryl methyl sites for hydroxylation is 1. The minimum Gasteiger partial charge on any atom is -0.345 e. The van der Waals surface area contributed by atoms with E-state index >= 15 is 0 Å². The highest BCUT2D eigenvalue weighted by atomic mass is 16.2. The van der Waals surface area contributed by atoms with Gasteiger partial charge < -0.3 is 10.6 Å². The van der Waals surface area contributed by atoms with Crippen molar-refractivity contribution >= 4 is 5.91 Å². The summed E-state index contributed by atoms with van der Waals surface area (Å²) in [5.74, 6) is -0.0866. The molecule has 2 rings (SSSR count). The molecule has 1 fully saturated rings. The van der Waals surface area contributed by atoms with Gasteiger partial charge in [0, 0.05) is 19.3 Å². The number of hydrogen-bond acceptors (Lipinski definition) is 3. The average Bonchev–Trinajstić information content (AvgIpc) is 2.12. The van der Waals surface area contributed by atoms with Gasteiger partial charge in [0.05, 0.1) is 6.04 Å². The van der Waals surface area contributed by atoms with E-state index in [0.717, 1.165) is 18.7 Å². The lowest BCUT2D eigenvalue weighted by Crippen LogP contribution is -2.57. The van der Waals surface area contributed by atoms with Gasteiger partial charge in [-0.25, -0.2) is 0 Å². The van der Waals surface area contributed by atoms with E-state index in [0.29, 0.717) is 5.69 Å². The quantitative estimate of drug-likeness (QED) is 0.696. The lowest BCUT2D eigenvalue weighted by molar-refractivity contribution is 0.0919. The molecular weight excluding hydrogens is 178 g/mol. The van der Waals surface area contributed by atoms with Crippen molar-refractivity contribution in [2.45, 2.75) is 13.0 Å². The second kappa shape index (κ2) is 3.75. The molecule has 0 aliphatic carbocycles. The number of rotatable bonds is 2. The van der Waals surface area contributed by atoms with Crippen LogP contribution in [0.15, 0.2) is 18.3 Å². The number of amides is 1. The highest BCUT2D eigenvalue weighted by Gasteiger charge is 2.19. The first kappa shape index (κ1) is 9.15. The van der Waals surface area contributed by atoms with Crippen LogP contribution in [0, 0.1) is 6.92 Å². The normalized spacial score (nSPS) is 16.1. The van der Waals surface area contributed by atoms with Crippen LogP contribution in [-0.2, 0) is 0 Å². The first-order valence-corrected chi connectivity index (χ1v) is 4.70. The van der Waals surface area contributed by atoms with Gasteiger partial charge in [0.2, 0.25) is 0 Å². The molecule has 1 aromatic rings. The molecule has 1 aromatic heterocycles. The number of nitrogens with one attached hydrogen (secondary N) is 2. The number of aromatic nitrogens is 1. The minimum absolute atomic E-state index is 0.0866. The molecule has 0 radical (unpaired) electrons. The van der Waals surface area contributed by atoms with Crippen molar-refractivity contribution in [3.63, 3.8) is 0 Å². The van der Waals surface area contributed by atoms with Crippen LogP contribution in [0.4, 0.5) is 0 Å². The first-order chi connectivity index (χ1) is 6.75.